The summed E-state index contributed by atoms with van der Waals surface area (Å²) in [5.41, 5.74) is -0.476. The standard InChI is InChI=1S/C11H5ClF3NO3.Li.H/c12-6-2-4-1-5(10(17)18)3-16-8(4)7(13)9(6)19-11(14)15;;/h1-3,11H,(H,17,18);;. The number of ether oxygens (including phenoxy) is 1. The first-order valence-electron chi connectivity index (χ1n) is 4.86. The molecule has 2 aromatic rings. The van der Waals surface area contributed by atoms with Gasteiger partial charge in [-0.2, -0.15) is 8.78 Å². The minimum absolute atomic E-state index is 0. The third-order valence-electron chi connectivity index (χ3n) is 2.28. The quantitative estimate of drug-likeness (QED) is 0.885. The van der Waals surface area contributed by atoms with Crippen molar-refractivity contribution in [3.63, 3.8) is 0 Å². The van der Waals surface area contributed by atoms with E-state index >= 15 is 0 Å². The van der Waals surface area contributed by atoms with Crippen LogP contribution in [-0.4, -0.2) is 41.5 Å². The summed E-state index contributed by atoms with van der Waals surface area (Å²) in [5, 5.41) is 8.45. The molecule has 0 bridgehead atoms. The SMILES string of the molecule is O=C(O)c1cnc2c(F)c(OC(F)F)c(Cl)cc2c1.[LiH]. The average molecular weight is 300 g/mol. The van der Waals surface area contributed by atoms with E-state index in [2.05, 4.69) is 9.72 Å². The maximum atomic E-state index is 13.9. The zero-order valence-corrected chi connectivity index (χ0v) is 9.79. The molecule has 9 heteroatoms. The third kappa shape index (κ3) is 3.18. The first-order chi connectivity index (χ1) is 8.90. The van der Waals surface area contributed by atoms with Crippen LogP contribution >= 0.6 is 11.6 Å². The van der Waals surface area contributed by atoms with Crippen molar-refractivity contribution in [2.24, 2.45) is 0 Å². The van der Waals surface area contributed by atoms with E-state index in [1.165, 1.54) is 0 Å². The maximum absolute atomic E-state index is 13.9. The van der Waals surface area contributed by atoms with Gasteiger partial charge in [0.1, 0.15) is 5.52 Å². The number of carboxylic acid groups (broad SMARTS) is 1. The van der Waals surface area contributed by atoms with Gasteiger partial charge in [-0.05, 0) is 12.1 Å². The van der Waals surface area contributed by atoms with Crippen molar-refractivity contribution in [1.29, 1.82) is 0 Å². The Morgan fingerprint density at radius 1 is 1.40 bits per heavy atom. The molecule has 1 aromatic heterocycles. The van der Waals surface area contributed by atoms with Crippen LogP contribution in [0.2, 0.25) is 5.02 Å². The molecule has 1 N–H and O–H groups in total. The van der Waals surface area contributed by atoms with Crippen molar-refractivity contribution < 1.29 is 27.8 Å². The van der Waals surface area contributed by atoms with E-state index in [4.69, 9.17) is 16.7 Å². The predicted octanol–water partition coefficient (Wildman–Crippen LogP) is 2.68. The third-order valence-corrected chi connectivity index (χ3v) is 2.56. The number of hydrogen-bond donors (Lipinski definition) is 1. The van der Waals surface area contributed by atoms with Gasteiger partial charge in [0.15, 0.2) is 11.6 Å². The molecular weight excluding hydrogens is 294 g/mol. The molecule has 0 aliphatic rings. The summed E-state index contributed by atoms with van der Waals surface area (Å²) in [6.45, 7) is -3.23. The number of aromatic carboxylic acids is 1. The number of alkyl halides is 2. The van der Waals surface area contributed by atoms with Crippen molar-refractivity contribution in [3.05, 3.63) is 34.7 Å². The number of nitrogens with zero attached hydrogens (tertiary/aromatic N) is 1. The van der Waals surface area contributed by atoms with Crippen LogP contribution in [0.3, 0.4) is 0 Å². The zero-order chi connectivity index (χ0) is 14.2. The number of aromatic nitrogens is 1. The van der Waals surface area contributed by atoms with Crippen LogP contribution in [0, 0.1) is 5.82 Å². The van der Waals surface area contributed by atoms with E-state index in [1.807, 2.05) is 0 Å². The van der Waals surface area contributed by atoms with E-state index in [0.717, 1.165) is 18.3 Å². The van der Waals surface area contributed by atoms with Gasteiger partial charge in [0.25, 0.3) is 0 Å². The van der Waals surface area contributed by atoms with Gasteiger partial charge in [-0.25, -0.2) is 9.18 Å². The van der Waals surface area contributed by atoms with E-state index in [1.54, 1.807) is 0 Å². The van der Waals surface area contributed by atoms with Crippen LogP contribution in [0.1, 0.15) is 10.4 Å². The van der Waals surface area contributed by atoms with E-state index in [-0.39, 0.29) is 35.3 Å². The number of hydrogen-bond acceptors (Lipinski definition) is 3. The van der Waals surface area contributed by atoms with E-state index in [0.29, 0.717) is 0 Å². The fourth-order valence-corrected chi connectivity index (χ4v) is 1.75. The summed E-state index contributed by atoms with van der Waals surface area (Å²) < 4.78 is 42.0. The average Bonchev–Trinajstić information content (AvgIpc) is 2.33. The summed E-state index contributed by atoms with van der Waals surface area (Å²) >= 11 is 5.61. The van der Waals surface area contributed by atoms with Gasteiger partial charge >= 0.3 is 31.4 Å². The molecule has 0 unspecified atom stereocenters. The monoisotopic (exact) mass is 299 g/mol. The summed E-state index contributed by atoms with van der Waals surface area (Å²) in [6, 6.07) is 2.24. The number of rotatable bonds is 3. The fraction of sp³-hybridized carbons (Fsp3) is 0.0909. The second kappa shape index (κ2) is 6.35. The molecule has 4 nitrogen and oxygen atoms in total. The topological polar surface area (TPSA) is 59.4 Å². The van der Waals surface area contributed by atoms with Crippen LogP contribution < -0.4 is 4.74 Å². The number of fused-ring (bicyclic) bond motifs is 1. The van der Waals surface area contributed by atoms with Gasteiger partial charge in [0.05, 0.1) is 10.6 Å². The number of benzene rings is 1. The van der Waals surface area contributed by atoms with E-state index in [9.17, 15) is 18.0 Å². The fourth-order valence-electron chi connectivity index (χ4n) is 1.50. The Labute approximate surface area is 127 Å². The summed E-state index contributed by atoms with van der Waals surface area (Å²) in [5.74, 6) is -3.24. The number of pyridine rings is 1. The molecule has 0 amide bonds. The Kier molecular flexibility index (Phi) is 5.28. The number of carbonyl (C=O) groups is 1. The molecule has 0 saturated heterocycles. The zero-order valence-electron chi connectivity index (χ0n) is 9.03. The predicted molar refractivity (Wildman–Crippen MR) is 67.5 cm³/mol. The molecule has 0 saturated carbocycles. The molecule has 102 valence electrons. The summed E-state index contributed by atoms with van der Waals surface area (Å²) in [7, 11) is 0. The van der Waals surface area contributed by atoms with Gasteiger partial charge in [0.2, 0.25) is 0 Å². The van der Waals surface area contributed by atoms with Crippen LogP contribution in [-0.2, 0) is 0 Å². The summed E-state index contributed by atoms with van der Waals surface area (Å²) in [4.78, 5) is 14.3. The van der Waals surface area contributed by atoms with Crippen LogP contribution in [0.15, 0.2) is 18.3 Å². The molecule has 20 heavy (non-hydrogen) atoms. The Hall–Kier alpha value is -1.42. The molecule has 1 aromatic carbocycles. The van der Waals surface area contributed by atoms with Gasteiger partial charge < -0.3 is 9.84 Å². The number of halogens is 4. The first-order valence-corrected chi connectivity index (χ1v) is 5.24. The molecule has 0 spiro atoms. The van der Waals surface area contributed by atoms with Gasteiger partial charge in [-0.15, -0.1) is 0 Å². The molecule has 0 atom stereocenters. The molecule has 0 fully saturated rings. The van der Waals surface area contributed by atoms with E-state index < -0.39 is 29.2 Å². The molecule has 0 radical (unpaired) electrons. The minimum atomic E-state index is -3.23. The van der Waals surface area contributed by atoms with Gasteiger partial charge in [-0.3, -0.25) is 4.98 Å². The van der Waals surface area contributed by atoms with Crippen molar-refractivity contribution >= 4 is 47.3 Å². The van der Waals surface area contributed by atoms with Crippen LogP contribution in [0.5, 0.6) is 5.75 Å². The Morgan fingerprint density at radius 2 is 2.05 bits per heavy atom. The Morgan fingerprint density at radius 3 is 2.60 bits per heavy atom. The normalized spacial score (nSPS) is 10.4. The molecule has 1 heterocycles. The van der Waals surface area contributed by atoms with Crippen LogP contribution in [0.4, 0.5) is 13.2 Å². The van der Waals surface area contributed by atoms with Gasteiger partial charge in [-0.1, -0.05) is 11.6 Å². The van der Waals surface area contributed by atoms with Crippen molar-refractivity contribution in [2.45, 2.75) is 6.61 Å². The molecule has 0 aliphatic carbocycles. The first kappa shape index (κ1) is 16.6. The second-order valence-corrected chi connectivity index (χ2v) is 3.89. The molecule has 2 rings (SSSR count). The second-order valence-electron chi connectivity index (χ2n) is 3.48. The Bertz CT molecular complexity index is 669. The summed E-state index contributed by atoms with van der Waals surface area (Å²) in [6.07, 6.45) is 0.911. The Balaban J connectivity index is 0.00000200. The van der Waals surface area contributed by atoms with Crippen molar-refractivity contribution in [2.75, 3.05) is 0 Å². The van der Waals surface area contributed by atoms with Crippen molar-refractivity contribution in [3.8, 4) is 5.75 Å². The van der Waals surface area contributed by atoms with Crippen LogP contribution in [0.25, 0.3) is 10.9 Å². The molecular formula is C11H6ClF3LiNO3. The van der Waals surface area contributed by atoms with Crippen molar-refractivity contribution in [1.82, 2.24) is 4.98 Å². The molecule has 0 aliphatic heterocycles. The van der Waals surface area contributed by atoms with Gasteiger partial charge in [0, 0.05) is 11.6 Å². The number of carboxylic acids is 1.